The van der Waals surface area contributed by atoms with Gasteiger partial charge in [-0.05, 0) is 32.9 Å². The van der Waals surface area contributed by atoms with Crippen LogP contribution in [-0.2, 0) is 16.0 Å². The fraction of sp³-hybridized carbons (Fsp3) is 0.500. The van der Waals surface area contributed by atoms with E-state index in [0.29, 0.717) is 25.4 Å². The van der Waals surface area contributed by atoms with Crippen molar-refractivity contribution in [3.8, 4) is 11.3 Å². The number of aryl methyl sites for hydroxylation is 1. The first kappa shape index (κ1) is 20.0. The summed E-state index contributed by atoms with van der Waals surface area (Å²) in [7, 11) is 2.12. The first-order valence-corrected chi connectivity index (χ1v) is 11.1. The molecule has 0 aliphatic carbocycles. The molecule has 1 N–H and O–H groups in total. The number of carbonyl (C=O) groups is 2. The molecule has 1 unspecified atom stereocenters. The van der Waals surface area contributed by atoms with Gasteiger partial charge in [-0.15, -0.1) is 11.3 Å². The molecule has 2 fully saturated rings. The highest BCUT2D eigenvalue weighted by Crippen LogP contribution is 2.29. The third kappa shape index (κ3) is 4.67. The number of amides is 2. The molecule has 1 aromatic heterocycles. The summed E-state index contributed by atoms with van der Waals surface area (Å²) in [5.41, 5.74) is 1.94. The molecular weight excluding hydrogens is 384 g/mol. The molecule has 1 atom stereocenters. The summed E-state index contributed by atoms with van der Waals surface area (Å²) in [6.45, 7) is 5.91. The average molecular weight is 413 g/mol. The molecule has 0 saturated carbocycles. The second-order valence-electron chi connectivity index (χ2n) is 8.21. The SMILES string of the molecule is Cc1nc(-c2ccccc2)c(CC(=O)N2CC(C(=O)NCC3CCN(C)C3)C2)s1. The summed E-state index contributed by atoms with van der Waals surface area (Å²) in [6, 6.07) is 9.99. The molecule has 0 bridgehead atoms. The highest BCUT2D eigenvalue weighted by atomic mass is 32.1. The summed E-state index contributed by atoms with van der Waals surface area (Å²) in [5.74, 6) is 0.636. The van der Waals surface area contributed by atoms with E-state index in [1.807, 2.05) is 37.3 Å². The normalized spacial score (nSPS) is 19.9. The number of likely N-dealkylation sites (tertiary alicyclic amines) is 2. The van der Waals surface area contributed by atoms with E-state index in [4.69, 9.17) is 0 Å². The molecule has 2 aliphatic heterocycles. The minimum absolute atomic E-state index is 0.0742. The Morgan fingerprint density at radius 2 is 1.97 bits per heavy atom. The minimum Gasteiger partial charge on any atom is -0.355 e. The van der Waals surface area contributed by atoms with Gasteiger partial charge in [-0.1, -0.05) is 30.3 Å². The molecule has 1 aromatic carbocycles. The monoisotopic (exact) mass is 412 g/mol. The number of thiazole rings is 1. The van der Waals surface area contributed by atoms with Crippen LogP contribution in [0.5, 0.6) is 0 Å². The summed E-state index contributed by atoms with van der Waals surface area (Å²) < 4.78 is 0. The maximum atomic E-state index is 12.7. The molecule has 29 heavy (non-hydrogen) atoms. The first-order valence-electron chi connectivity index (χ1n) is 10.3. The van der Waals surface area contributed by atoms with Gasteiger partial charge in [0, 0.05) is 36.6 Å². The molecule has 2 amide bonds. The van der Waals surface area contributed by atoms with Gasteiger partial charge in [0.1, 0.15) is 0 Å². The van der Waals surface area contributed by atoms with E-state index in [2.05, 4.69) is 22.2 Å². The van der Waals surface area contributed by atoms with E-state index in [1.165, 1.54) is 0 Å². The van der Waals surface area contributed by atoms with Gasteiger partial charge in [0.15, 0.2) is 0 Å². The summed E-state index contributed by atoms with van der Waals surface area (Å²) in [5, 5.41) is 4.04. The van der Waals surface area contributed by atoms with Gasteiger partial charge in [-0.2, -0.15) is 0 Å². The van der Waals surface area contributed by atoms with Crippen LogP contribution in [0.3, 0.4) is 0 Å². The molecule has 7 heteroatoms. The lowest BCUT2D eigenvalue weighted by Gasteiger charge is -2.38. The molecular formula is C22H28N4O2S. The smallest absolute Gasteiger partial charge is 0.227 e. The molecule has 154 valence electrons. The van der Waals surface area contributed by atoms with Gasteiger partial charge in [-0.25, -0.2) is 4.98 Å². The van der Waals surface area contributed by atoms with Gasteiger partial charge in [0.25, 0.3) is 0 Å². The fourth-order valence-electron chi connectivity index (χ4n) is 4.09. The van der Waals surface area contributed by atoms with Gasteiger partial charge in [0.05, 0.1) is 23.0 Å². The topological polar surface area (TPSA) is 65.5 Å². The van der Waals surface area contributed by atoms with Crippen LogP contribution in [0.25, 0.3) is 11.3 Å². The number of rotatable bonds is 6. The van der Waals surface area contributed by atoms with E-state index >= 15 is 0 Å². The van der Waals surface area contributed by atoms with Crippen molar-refractivity contribution in [2.75, 3.05) is 39.8 Å². The van der Waals surface area contributed by atoms with E-state index in [-0.39, 0.29) is 17.7 Å². The quantitative estimate of drug-likeness (QED) is 0.790. The Hall–Kier alpha value is -2.25. The van der Waals surface area contributed by atoms with Crippen molar-refractivity contribution in [3.05, 3.63) is 40.2 Å². The maximum Gasteiger partial charge on any atom is 0.227 e. The Kier molecular flexibility index (Phi) is 5.96. The van der Waals surface area contributed by atoms with Crippen LogP contribution in [0.4, 0.5) is 0 Å². The number of nitrogens with one attached hydrogen (secondary N) is 1. The molecule has 0 spiro atoms. The third-order valence-electron chi connectivity index (χ3n) is 5.82. The fourth-order valence-corrected chi connectivity index (χ4v) is 5.04. The Bertz CT molecular complexity index is 876. The predicted octanol–water partition coefficient (Wildman–Crippen LogP) is 2.19. The second-order valence-corrected chi connectivity index (χ2v) is 9.49. The Morgan fingerprint density at radius 3 is 2.66 bits per heavy atom. The number of benzene rings is 1. The molecule has 0 radical (unpaired) electrons. The van der Waals surface area contributed by atoms with Crippen LogP contribution < -0.4 is 5.32 Å². The molecule has 6 nitrogen and oxygen atoms in total. The van der Waals surface area contributed by atoms with Crippen molar-refractivity contribution in [2.45, 2.75) is 19.8 Å². The van der Waals surface area contributed by atoms with Crippen molar-refractivity contribution < 1.29 is 9.59 Å². The van der Waals surface area contributed by atoms with Crippen molar-refractivity contribution in [1.82, 2.24) is 20.1 Å². The van der Waals surface area contributed by atoms with E-state index in [0.717, 1.165) is 47.2 Å². The lowest BCUT2D eigenvalue weighted by atomic mass is 9.97. The van der Waals surface area contributed by atoms with Gasteiger partial charge >= 0.3 is 0 Å². The van der Waals surface area contributed by atoms with E-state index in [9.17, 15) is 9.59 Å². The molecule has 4 rings (SSSR count). The van der Waals surface area contributed by atoms with Gasteiger partial charge < -0.3 is 15.1 Å². The molecule has 3 heterocycles. The number of hydrogen-bond acceptors (Lipinski definition) is 5. The van der Waals surface area contributed by atoms with Crippen LogP contribution in [0.1, 0.15) is 16.3 Å². The summed E-state index contributed by atoms with van der Waals surface area (Å²) in [4.78, 5) is 34.8. The summed E-state index contributed by atoms with van der Waals surface area (Å²) >= 11 is 1.58. The zero-order valence-corrected chi connectivity index (χ0v) is 17.9. The Morgan fingerprint density at radius 1 is 1.21 bits per heavy atom. The van der Waals surface area contributed by atoms with Crippen LogP contribution in [0.2, 0.25) is 0 Å². The number of hydrogen-bond donors (Lipinski definition) is 1. The van der Waals surface area contributed by atoms with Crippen LogP contribution >= 0.6 is 11.3 Å². The van der Waals surface area contributed by atoms with Crippen LogP contribution in [0.15, 0.2) is 30.3 Å². The highest BCUT2D eigenvalue weighted by molar-refractivity contribution is 7.12. The van der Waals surface area contributed by atoms with Gasteiger partial charge in [0.2, 0.25) is 11.8 Å². The van der Waals surface area contributed by atoms with E-state index < -0.39 is 0 Å². The zero-order chi connectivity index (χ0) is 20.4. The molecule has 2 saturated heterocycles. The van der Waals surface area contributed by atoms with Crippen LogP contribution in [0, 0.1) is 18.8 Å². The Labute approximate surface area is 175 Å². The minimum atomic E-state index is -0.0742. The van der Waals surface area contributed by atoms with E-state index in [1.54, 1.807) is 16.2 Å². The number of nitrogens with zero attached hydrogens (tertiary/aromatic N) is 3. The van der Waals surface area contributed by atoms with Crippen molar-refractivity contribution in [2.24, 2.45) is 11.8 Å². The van der Waals surface area contributed by atoms with Gasteiger partial charge in [-0.3, -0.25) is 9.59 Å². The largest absolute Gasteiger partial charge is 0.355 e. The lowest BCUT2D eigenvalue weighted by Crippen LogP contribution is -2.56. The standard InChI is InChI=1S/C22H28N4O2S/c1-15-24-21(17-6-4-3-5-7-17)19(29-15)10-20(27)26-13-18(14-26)22(28)23-11-16-8-9-25(2)12-16/h3-7,16,18H,8-14H2,1-2H3,(H,23,28). The first-order chi connectivity index (χ1) is 14.0. The predicted molar refractivity (Wildman–Crippen MR) is 115 cm³/mol. The molecule has 2 aromatic rings. The summed E-state index contributed by atoms with van der Waals surface area (Å²) in [6.07, 6.45) is 1.49. The highest BCUT2D eigenvalue weighted by Gasteiger charge is 2.36. The lowest BCUT2D eigenvalue weighted by molar-refractivity contribution is -0.142. The zero-order valence-electron chi connectivity index (χ0n) is 17.1. The number of aromatic nitrogens is 1. The average Bonchev–Trinajstić information content (AvgIpc) is 3.24. The van der Waals surface area contributed by atoms with Crippen molar-refractivity contribution >= 4 is 23.2 Å². The Balaban J connectivity index is 1.28. The van der Waals surface area contributed by atoms with Crippen LogP contribution in [-0.4, -0.2) is 66.4 Å². The van der Waals surface area contributed by atoms with Crippen molar-refractivity contribution in [1.29, 1.82) is 0 Å². The number of carbonyl (C=O) groups excluding carboxylic acids is 2. The maximum absolute atomic E-state index is 12.7. The molecule has 2 aliphatic rings. The van der Waals surface area contributed by atoms with Crippen molar-refractivity contribution in [3.63, 3.8) is 0 Å². The third-order valence-corrected chi connectivity index (χ3v) is 6.79. The second kappa shape index (κ2) is 8.63.